The lowest BCUT2D eigenvalue weighted by molar-refractivity contribution is -0.128. The summed E-state index contributed by atoms with van der Waals surface area (Å²) in [7, 11) is 0. The number of nitrogens with two attached hydrogens (primary N) is 1. The van der Waals surface area contributed by atoms with E-state index in [1.54, 1.807) is 17.2 Å². The molecule has 0 radical (unpaired) electrons. The third-order valence-electron chi connectivity index (χ3n) is 8.77. The highest BCUT2D eigenvalue weighted by Gasteiger charge is 2.35. The van der Waals surface area contributed by atoms with Crippen LogP contribution in [0.1, 0.15) is 45.7 Å². The summed E-state index contributed by atoms with van der Waals surface area (Å²) in [4.78, 5) is 59.0. The zero-order valence-corrected chi connectivity index (χ0v) is 27.9. The summed E-state index contributed by atoms with van der Waals surface area (Å²) in [6.07, 6.45) is 3.38. The molecule has 4 aromatic rings. The smallest absolute Gasteiger partial charge is 0.351 e. The molecule has 0 saturated carbocycles. The molecule has 2 aliphatic rings. The Morgan fingerprint density at radius 3 is 2.58 bits per heavy atom. The van der Waals surface area contributed by atoms with Gasteiger partial charge in [-0.25, -0.2) is 27.9 Å². The number of carbonyl (C=O) groups excluding carboxylic acids is 2. The number of nitrogens with zero attached hydrogens (tertiary/aromatic N) is 7. The normalized spacial score (nSPS) is 18.2. The van der Waals surface area contributed by atoms with Crippen molar-refractivity contribution in [3.63, 3.8) is 0 Å². The highest BCUT2D eigenvalue weighted by molar-refractivity contribution is 7.99. The minimum absolute atomic E-state index is 0.0432. The van der Waals surface area contributed by atoms with Crippen LogP contribution in [0.15, 0.2) is 58.9 Å². The first kappa shape index (κ1) is 33.1. The molecule has 48 heavy (non-hydrogen) atoms. The molecule has 1 saturated heterocycles. The van der Waals surface area contributed by atoms with E-state index in [1.165, 1.54) is 45.5 Å². The summed E-state index contributed by atoms with van der Waals surface area (Å²) in [5.41, 5.74) is 5.62. The number of rotatable bonds is 3. The Labute approximate surface area is 280 Å². The van der Waals surface area contributed by atoms with Gasteiger partial charge in [0.1, 0.15) is 17.3 Å². The molecule has 250 valence electrons. The van der Waals surface area contributed by atoms with Crippen LogP contribution in [-0.2, 0) is 4.79 Å². The maximum absolute atomic E-state index is 16.5. The van der Waals surface area contributed by atoms with Gasteiger partial charge in [-0.3, -0.25) is 14.7 Å². The molecular formula is C34H36F2N8O3S. The van der Waals surface area contributed by atoms with Gasteiger partial charge in [-0.2, -0.15) is 4.98 Å². The molecule has 0 spiro atoms. The average molecular weight is 675 g/mol. The number of thioether (sulfide) groups is 1. The fourth-order valence-corrected chi connectivity index (χ4v) is 7.47. The lowest BCUT2D eigenvalue weighted by atomic mass is 10.0. The number of urea groups is 1. The molecule has 2 aliphatic heterocycles. The van der Waals surface area contributed by atoms with Crippen molar-refractivity contribution in [3.05, 3.63) is 77.0 Å². The summed E-state index contributed by atoms with van der Waals surface area (Å²) in [5.74, 6) is -1.34. The van der Waals surface area contributed by atoms with Gasteiger partial charge in [-0.15, -0.1) is 11.8 Å². The van der Waals surface area contributed by atoms with Gasteiger partial charge in [-0.1, -0.05) is 26.5 Å². The Morgan fingerprint density at radius 1 is 1.10 bits per heavy atom. The van der Waals surface area contributed by atoms with Crippen LogP contribution in [0.2, 0.25) is 0 Å². The van der Waals surface area contributed by atoms with E-state index in [0.29, 0.717) is 41.5 Å². The van der Waals surface area contributed by atoms with Gasteiger partial charge in [0.25, 0.3) is 0 Å². The standard InChI is InChI=1S/C34H36F2N8O3S/c1-6-26(45)42-16-20(5)43(17-19(42)4)31-21-15-23(36)29-27-22(35)9-7-10-24(27)41(33(37)46)13-8-14-48-25-11-12-38-28(18(2)3)30(25)44(32(21)39-29)34(47)40-31/h6-7,9-12,15,18-20H,1,8,13-14,16-17H2,2-5H3,(H2,37,46)/t19-,20+/m1/s1. The number of hydrogen-bond donors (Lipinski definition) is 1. The van der Waals surface area contributed by atoms with E-state index in [-0.39, 0.29) is 58.6 Å². The first-order chi connectivity index (χ1) is 22.9. The van der Waals surface area contributed by atoms with Crippen LogP contribution in [0, 0.1) is 11.6 Å². The number of benzene rings is 1. The highest BCUT2D eigenvalue weighted by Crippen LogP contribution is 2.40. The molecule has 2 atom stereocenters. The Hall–Kier alpha value is -4.85. The van der Waals surface area contributed by atoms with Gasteiger partial charge >= 0.3 is 11.7 Å². The SMILES string of the molecule is C=CC(=O)N1C[C@H](C)N(c2nc(=O)n3c4nc(c(F)cc24)-c2c(F)cccc2N(C(N)=O)CCCSc2ccnc(C(C)C)c2-3)C[C@H]1C. The van der Waals surface area contributed by atoms with Crippen LogP contribution in [0.25, 0.3) is 28.0 Å². The van der Waals surface area contributed by atoms with Gasteiger partial charge in [-0.05, 0) is 62.3 Å². The number of amides is 3. The summed E-state index contributed by atoms with van der Waals surface area (Å²) in [6, 6.07) is 5.66. The van der Waals surface area contributed by atoms with E-state index in [9.17, 15) is 14.4 Å². The van der Waals surface area contributed by atoms with E-state index in [2.05, 4.69) is 16.5 Å². The maximum Gasteiger partial charge on any atom is 0.355 e. The van der Waals surface area contributed by atoms with E-state index in [0.717, 1.165) is 6.07 Å². The van der Waals surface area contributed by atoms with Crippen LogP contribution in [0.4, 0.5) is 25.1 Å². The van der Waals surface area contributed by atoms with Crippen LogP contribution in [-0.4, -0.2) is 73.8 Å². The van der Waals surface area contributed by atoms with Crippen LogP contribution in [0.3, 0.4) is 0 Å². The Kier molecular flexibility index (Phi) is 8.94. The fraction of sp³-hybridized carbons (Fsp3) is 0.353. The van der Waals surface area contributed by atoms with Crippen molar-refractivity contribution in [2.75, 3.05) is 35.2 Å². The van der Waals surface area contributed by atoms with E-state index < -0.39 is 29.0 Å². The second-order valence-corrected chi connectivity index (χ2v) is 13.4. The van der Waals surface area contributed by atoms with Crippen molar-refractivity contribution >= 4 is 46.2 Å². The maximum atomic E-state index is 16.5. The average Bonchev–Trinajstić information content (AvgIpc) is 3.05. The number of pyridine rings is 2. The molecule has 0 aliphatic carbocycles. The van der Waals surface area contributed by atoms with Crippen molar-refractivity contribution in [2.24, 2.45) is 5.73 Å². The molecular weight excluding hydrogens is 638 g/mol. The molecule has 14 heteroatoms. The van der Waals surface area contributed by atoms with Crippen molar-refractivity contribution in [1.82, 2.24) is 24.4 Å². The lowest BCUT2D eigenvalue weighted by Gasteiger charge is -2.44. The van der Waals surface area contributed by atoms with Gasteiger partial charge in [0.15, 0.2) is 11.5 Å². The number of halogens is 2. The number of carbonyl (C=O) groups is 2. The minimum Gasteiger partial charge on any atom is -0.351 e. The van der Waals surface area contributed by atoms with Gasteiger partial charge in [0.2, 0.25) is 5.91 Å². The van der Waals surface area contributed by atoms with Crippen molar-refractivity contribution in [2.45, 2.75) is 57.0 Å². The van der Waals surface area contributed by atoms with Crippen molar-refractivity contribution < 1.29 is 18.4 Å². The zero-order valence-electron chi connectivity index (χ0n) is 27.1. The lowest BCUT2D eigenvalue weighted by Crippen LogP contribution is -2.58. The molecule has 5 heterocycles. The zero-order chi connectivity index (χ0) is 34.4. The second kappa shape index (κ2) is 13.0. The van der Waals surface area contributed by atoms with E-state index >= 15 is 8.78 Å². The number of aromatic nitrogens is 4. The number of anilines is 2. The summed E-state index contributed by atoms with van der Waals surface area (Å²) in [6.45, 7) is 12.0. The van der Waals surface area contributed by atoms with Crippen molar-refractivity contribution in [1.29, 1.82) is 0 Å². The van der Waals surface area contributed by atoms with Crippen LogP contribution >= 0.6 is 11.8 Å². The highest BCUT2D eigenvalue weighted by atomic mass is 32.2. The van der Waals surface area contributed by atoms with Crippen molar-refractivity contribution in [3.8, 4) is 16.9 Å². The van der Waals surface area contributed by atoms with E-state index in [1.807, 2.05) is 32.6 Å². The predicted octanol–water partition coefficient (Wildman–Crippen LogP) is 5.24. The molecule has 2 N–H and O–H groups in total. The third kappa shape index (κ3) is 5.67. The van der Waals surface area contributed by atoms with Crippen LogP contribution < -0.4 is 21.2 Å². The van der Waals surface area contributed by atoms with Gasteiger partial charge < -0.3 is 15.5 Å². The largest absolute Gasteiger partial charge is 0.355 e. The number of piperazine rings is 1. The number of hydrogen-bond acceptors (Lipinski definition) is 8. The molecule has 6 rings (SSSR count). The number of primary amides is 1. The summed E-state index contributed by atoms with van der Waals surface area (Å²) < 4.78 is 33.7. The topological polar surface area (TPSA) is 131 Å². The van der Waals surface area contributed by atoms with Gasteiger partial charge in [0, 0.05) is 42.8 Å². The summed E-state index contributed by atoms with van der Waals surface area (Å²) in [5, 5.41) is 0.215. The first-order valence-corrected chi connectivity index (χ1v) is 16.7. The first-order valence-electron chi connectivity index (χ1n) is 15.7. The number of fused-ring (bicyclic) bond motifs is 5. The van der Waals surface area contributed by atoms with Gasteiger partial charge in [0.05, 0.1) is 28.0 Å². The molecule has 3 amide bonds. The molecule has 2 bridgehead atoms. The monoisotopic (exact) mass is 674 g/mol. The fourth-order valence-electron chi connectivity index (χ4n) is 6.49. The molecule has 11 nitrogen and oxygen atoms in total. The summed E-state index contributed by atoms with van der Waals surface area (Å²) >= 11 is 1.46. The quantitative estimate of drug-likeness (QED) is 0.292. The molecule has 1 aromatic carbocycles. The Balaban J connectivity index is 1.71. The Bertz CT molecular complexity index is 2020. The third-order valence-corrected chi connectivity index (χ3v) is 9.91. The Morgan fingerprint density at radius 2 is 1.88 bits per heavy atom. The minimum atomic E-state index is -0.882. The molecule has 3 aromatic heterocycles. The van der Waals surface area contributed by atoms with E-state index in [4.69, 9.17) is 10.7 Å². The van der Waals surface area contributed by atoms with Crippen LogP contribution in [0.5, 0.6) is 0 Å². The predicted molar refractivity (Wildman–Crippen MR) is 183 cm³/mol. The molecule has 0 unspecified atom stereocenters. The second-order valence-electron chi connectivity index (χ2n) is 12.3. The molecule has 1 fully saturated rings.